The summed E-state index contributed by atoms with van der Waals surface area (Å²) in [6, 6.07) is -0.750. The second-order valence-corrected chi connectivity index (χ2v) is 4.90. The fourth-order valence-electron chi connectivity index (χ4n) is 1.16. The van der Waals surface area contributed by atoms with Gasteiger partial charge < -0.3 is 20.1 Å². The first-order valence-corrected chi connectivity index (χ1v) is 6.03. The summed E-state index contributed by atoms with van der Waals surface area (Å²) in [7, 11) is 1.23. The Hall–Kier alpha value is -1.79. The molecule has 0 spiro atoms. The molecule has 7 nitrogen and oxygen atoms in total. The lowest BCUT2D eigenvalue weighted by molar-refractivity contribution is -0.141. The van der Waals surface area contributed by atoms with Crippen LogP contribution < -0.4 is 10.6 Å². The predicted octanol–water partition coefficient (Wildman–Crippen LogP) is 0.579. The average Bonchev–Trinajstić information content (AvgIpc) is 2.30. The predicted molar refractivity (Wildman–Crippen MR) is 68.5 cm³/mol. The zero-order valence-corrected chi connectivity index (χ0v) is 12.0. The third kappa shape index (κ3) is 8.01. The maximum absolute atomic E-state index is 11.7. The Kier molecular flexibility index (Phi) is 6.89. The van der Waals surface area contributed by atoms with Crippen molar-refractivity contribution in [2.75, 3.05) is 13.7 Å². The van der Waals surface area contributed by atoms with E-state index in [1.807, 2.05) is 0 Å². The largest absolute Gasteiger partial charge is 0.468 e. The Labute approximate surface area is 113 Å². The van der Waals surface area contributed by atoms with E-state index in [2.05, 4.69) is 15.4 Å². The Bertz CT molecular complexity index is 336. The van der Waals surface area contributed by atoms with Crippen molar-refractivity contribution in [3.8, 4) is 0 Å². The molecule has 110 valence electrons. The molecule has 0 unspecified atom stereocenters. The van der Waals surface area contributed by atoms with Gasteiger partial charge in [0, 0.05) is 0 Å². The lowest BCUT2D eigenvalue weighted by Gasteiger charge is -2.22. The zero-order chi connectivity index (χ0) is 15.1. The van der Waals surface area contributed by atoms with Gasteiger partial charge in [0.05, 0.1) is 7.11 Å². The molecule has 19 heavy (non-hydrogen) atoms. The monoisotopic (exact) mass is 274 g/mol. The number of esters is 1. The smallest absolute Gasteiger partial charge is 0.408 e. The molecular formula is C12H22N2O5. The van der Waals surface area contributed by atoms with Gasteiger partial charge in [-0.05, 0) is 27.2 Å². The molecule has 0 heterocycles. The molecule has 0 aliphatic heterocycles. The van der Waals surface area contributed by atoms with Gasteiger partial charge in [0.15, 0.2) is 0 Å². The Morgan fingerprint density at radius 1 is 1.21 bits per heavy atom. The van der Waals surface area contributed by atoms with E-state index >= 15 is 0 Å². The van der Waals surface area contributed by atoms with Crippen LogP contribution in [0.15, 0.2) is 0 Å². The van der Waals surface area contributed by atoms with Crippen molar-refractivity contribution in [3.63, 3.8) is 0 Å². The van der Waals surface area contributed by atoms with Crippen molar-refractivity contribution in [1.29, 1.82) is 0 Å². The van der Waals surface area contributed by atoms with Crippen LogP contribution in [0.4, 0.5) is 4.79 Å². The van der Waals surface area contributed by atoms with Gasteiger partial charge in [-0.25, -0.2) is 4.79 Å². The summed E-state index contributed by atoms with van der Waals surface area (Å²) in [5, 5.41) is 4.81. The molecule has 0 aromatic rings. The Morgan fingerprint density at radius 3 is 2.21 bits per heavy atom. The standard InChI is InChI=1S/C12H22N2O5/c1-6-8(10(16)13-7-9(15)18-5)14-11(17)19-12(2,3)4/h8H,6-7H2,1-5H3,(H,13,16)(H,14,17)/t8-/m0/s1. The molecule has 0 aliphatic carbocycles. The van der Waals surface area contributed by atoms with E-state index in [0.717, 1.165) is 0 Å². The second-order valence-electron chi connectivity index (χ2n) is 4.90. The summed E-state index contributed by atoms with van der Waals surface area (Å²) in [5.74, 6) is -1.01. The minimum absolute atomic E-state index is 0.234. The number of ether oxygens (including phenoxy) is 2. The van der Waals surface area contributed by atoms with Gasteiger partial charge in [0.25, 0.3) is 0 Å². The quantitative estimate of drug-likeness (QED) is 0.715. The summed E-state index contributed by atoms with van der Waals surface area (Å²) in [6.45, 7) is 6.68. The van der Waals surface area contributed by atoms with E-state index in [4.69, 9.17) is 4.74 Å². The molecule has 7 heteroatoms. The summed E-state index contributed by atoms with van der Waals surface area (Å²) < 4.78 is 9.44. The molecule has 0 radical (unpaired) electrons. The summed E-state index contributed by atoms with van der Waals surface area (Å²) in [6.07, 6.45) is -0.292. The van der Waals surface area contributed by atoms with E-state index in [9.17, 15) is 14.4 Å². The highest BCUT2D eigenvalue weighted by Crippen LogP contribution is 2.07. The molecule has 0 saturated heterocycles. The third-order valence-electron chi connectivity index (χ3n) is 2.05. The fraction of sp³-hybridized carbons (Fsp3) is 0.750. The number of nitrogens with one attached hydrogen (secondary N) is 2. The molecule has 2 N–H and O–H groups in total. The number of rotatable bonds is 5. The van der Waals surface area contributed by atoms with Crippen LogP contribution >= 0.6 is 0 Å². The number of hydrogen-bond acceptors (Lipinski definition) is 5. The van der Waals surface area contributed by atoms with Crippen LogP contribution in [0.3, 0.4) is 0 Å². The maximum atomic E-state index is 11.7. The van der Waals surface area contributed by atoms with Gasteiger partial charge in [-0.15, -0.1) is 0 Å². The number of amides is 2. The fourth-order valence-corrected chi connectivity index (χ4v) is 1.16. The topological polar surface area (TPSA) is 93.7 Å². The lowest BCUT2D eigenvalue weighted by Crippen LogP contribution is -2.48. The molecular weight excluding hydrogens is 252 g/mol. The van der Waals surface area contributed by atoms with Gasteiger partial charge in [-0.2, -0.15) is 0 Å². The van der Waals surface area contributed by atoms with Crippen molar-refractivity contribution in [2.24, 2.45) is 0 Å². The number of carbonyl (C=O) groups is 3. The first-order chi connectivity index (χ1) is 8.69. The van der Waals surface area contributed by atoms with Gasteiger partial charge in [0.1, 0.15) is 18.2 Å². The van der Waals surface area contributed by atoms with E-state index in [1.54, 1.807) is 27.7 Å². The lowest BCUT2D eigenvalue weighted by atomic mass is 10.2. The highest BCUT2D eigenvalue weighted by atomic mass is 16.6. The summed E-state index contributed by atoms with van der Waals surface area (Å²) in [5.41, 5.74) is -0.634. The minimum atomic E-state index is -0.750. The molecule has 2 amide bonds. The van der Waals surface area contributed by atoms with Crippen LogP contribution in [-0.4, -0.2) is 43.3 Å². The summed E-state index contributed by atoms with van der Waals surface area (Å²) >= 11 is 0. The highest BCUT2D eigenvalue weighted by molar-refractivity contribution is 5.88. The number of methoxy groups -OCH3 is 1. The van der Waals surface area contributed by atoms with Gasteiger partial charge in [-0.1, -0.05) is 6.92 Å². The highest BCUT2D eigenvalue weighted by Gasteiger charge is 2.23. The van der Waals surface area contributed by atoms with Crippen molar-refractivity contribution in [2.45, 2.75) is 45.8 Å². The van der Waals surface area contributed by atoms with Crippen LogP contribution in [0.2, 0.25) is 0 Å². The summed E-state index contributed by atoms with van der Waals surface area (Å²) in [4.78, 5) is 34.1. The Balaban J connectivity index is 4.30. The first kappa shape index (κ1) is 17.2. The average molecular weight is 274 g/mol. The zero-order valence-electron chi connectivity index (χ0n) is 12.0. The minimum Gasteiger partial charge on any atom is -0.468 e. The van der Waals surface area contributed by atoms with Crippen molar-refractivity contribution in [1.82, 2.24) is 10.6 Å². The van der Waals surface area contributed by atoms with Crippen LogP contribution in [0.25, 0.3) is 0 Å². The molecule has 0 aromatic carbocycles. The van der Waals surface area contributed by atoms with E-state index in [0.29, 0.717) is 6.42 Å². The molecule has 1 atom stereocenters. The normalized spacial score (nSPS) is 12.3. The number of alkyl carbamates (subject to hydrolysis) is 1. The van der Waals surface area contributed by atoms with Crippen molar-refractivity contribution in [3.05, 3.63) is 0 Å². The molecule has 0 bridgehead atoms. The number of hydrogen-bond donors (Lipinski definition) is 2. The molecule has 0 rings (SSSR count). The molecule has 0 aliphatic rings. The van der Waals surface area contributed by atoms with Crippen LogP contribution in [-0.2, 0) is 19.1 Å². The van der Waals surface area contributed by atoms with Crippen molar-refractivity contribution < 1.29 is 23.9 Å². The first-order valence-electron chi connectivity index (χ1n) is 6.03. The van der Waals surface area contributed by atoms with Crippen molar-refractivity contribution >= 4 is 18.0 Å². The molecule has 0 fully saturated rings. The van der Waals surface area contributed by atoms with Crippen LogP contribution in [0.5, 0.6) is 0 Å². The molecule has 0 aromatic heterocycles. The van der Waals surface area contributed by atoms with Crippen LogP contribution in [0.1, 0.15) is 34.1 Å². The second kappa shape index (κ2) is 7.60. The van der Waals surface area contributed by atoms with Gasteiger partial charge in [-0.3, -0.25) is 9.59 Å². The van der Waals surface area contributed by atoms with Gasteiger partial charge in [0.2, 0.25) is 5.91 Å². The van der Waals surface area contributed by atoms with E-state index in [1.165, 1.54) is 7.11 Å². The number of carbonyl (C=O) groups excluding carboxylic acids is 3. The molecule has 0 saturated carbocycles. The van der Waals surface area contributed by atoms with E-state index < -0.39 is 29.6 Å². The maximum Gasteiger partial charge on any atom is 0.408 e. The SMILES string of the molecule is CC[C@H](NC(=O)OC(C)(C)C)C(=O)NCC(=O)OC. The van der Waals surface area contributed by atoms with E-state index in [-0.39, 0.29) is 6.54 Å². The third-order valence-corrected chi connectivity index (χ3v) is 2.05. The Morgan fingerprint density at radius 2 is 1.79 bits per heavy atom. The van der Waals surface area contributed by atoms with Crippen LogP contribution in [0, 0.1) is 0 Å². The van der Waals surface area contributed by atoms with Gasteiger partial charge >= 0.3 is 12.1 Å².